The van der Waals surface area contributed by atoms with Crippen LogP contribution >= 0.6 is 0 Å². The number of nitrogens with zero attached hydrogens (tertiary/aromatic N) is 1. The van der Waals surface area contributed by atoms with E-state index in [2.05, 4.69) is 0 Å². The van der Waals surface area contributed by atoms with Crippen LogP contribution in [0.4, 0.5) is 11.4 Å². The fraction of sp³-hybridized carbons (Fsp3) is 0.0500. The van der Waals surface area contributed by atoms with Gasteiger partial charge in [-0.05, 0) is 36.4 Å². The first-order chi connectivity index (χ1) is 12.6. The lowest BCUT2D eigenvalue weighted by Crippen LogP contribution is -2.32. The molecule has 0 radical (unpaired) electrons. The summed E-state index contributed by atoms with van der Waals surface area (Å²) in [5.41, 5.74) is 1.03. The lowest BCUT2D eigenvalue weighted by atomic mass is 10.1. The van der Waals surface area contributed by atoms with Crippen LogP contribution in [-0.4, -0.2) is 21.4 Å². The third kappa shape index (κ3) is 2.30. The Kier molecular flexibility index (Phi) is 3.77. The van der Waals surface area contributed by atoms with Gasteiger partial charge in [0, 0.05) is 0 Å². The molecule has 0 fully saturated rings. The summed E-state index contributed by atoms with van der Waals surface area (Å²) in [7, 11) is -2.20. The molecule has 1 amide bonds. The van der Waals surface area contributed by atoms with E-state index in [1.165, 1.54) is 24.1 Å². The summed E-state index contributed by atoms with van der Waals surface area (Å²) in [6, 6.07) is 19.9. The second-order valence-corrected chi connectivity index (χ2v) is 7.67. The summed E-state index contributed by atoms with van der Waals surface area (Å²) < 4.78 is 31.2. The zero-order valence-corrected chi connectivity index (χ0v) is 14.7. The van der Waals surface area contributed by atoms with E-state index in [0.717, 1.165) is 0 Å². The van der Waals surface area contributed by atoms with Gasteiger partial charge in [0.15, 0.2) is 0 Å². The quantitative estimate of drug-likeness (QED) is 0.693. The number of methoxy groups -OCH3 is 1. The summed E-state index contributed by atoms with van der Waals surface area (Å²) in [6.07, 6.45) is 0. The average Bonchev–Trinajstić information content (AvgIpc) is 2.68. The number of rotatable bonds is 2. The molecule has 0 unspecified atom stereocenters. The van der Waals surface area contributed by atoms with Crippen LogP contribution in [0, 0.1) is 0 Å². The summed E-state index contributed by atoms with van der Waals surface area (Å²) in [5, 5.41) is 0. The normalized spacial score (nSPS) is 14.3. The third-order valence-corrected chi connectivity index (χ3v) is 6.18. The number of fused-ring (bicyclic) bond motifs is 2. The lowest BCUT2D eigenvalue weighted by molar-refractivity contribution is 0.0995. The highest BCUT2D eigenvalue weighted by Crippen LogP contribution is 2.44. The monoisotopic (exact) mass is 365 g/mol. The molecule has 1 heterocycles. The minimum Gasteiger partial charge on any atom is -0.496 e. The second-order valence-electron chi connectivity index (χ2n) is 5.78. The maximum absolute atomic E-state index is 13.4. The van der Waals surface area contributed by atoms with Crippen LogP contribution in [0.3, 0.4) is 0 Å². The molecular weight excluding hydrogens is 350 g/mol. The van der Waals surface area contributed by atoms with E-state index in [1.54, 1.807) is 60.7 Å². The molecule has 0 aliphatic carbocycles. The van der Waals surface area contributed by atoms with Crippen LogP contribution in [0.1, 0.15) is 10.4 Å². The summed E-state index contributed by atoms with van der Waals surface area (Å²) in [4.78, 5) is 15.0. The predicted molar refractivity (Wildman–Crippen MR) is 97.8 cm³/mol. The molecule has 0 N–H and O–H groups in total. The van der Waals surface area contributed by atoms with Crippen molar-refractivity contribution in [2.75, 3.05) is 12.0 Å². The van der Waals surface area contributed by atoms with Crippen molar-refractivity contribution in [1.29, 1.82) is 0 Å². The Bertz CT molecular complexity index is 1070. The Morgan fingerprint density at radius 3 is 1.88 bits per heavy atom. The first kappa shape index (κ1) is 16.4. The van der Waals surface area contributed by atoms with Gasteiger partial charge in [-0.1, -0.05) is 36.4 Å². The van der Waals surface area contributed by atoms with Crippen molar-refractivity contribution in [3.8, 4) is 5.75 Å². The van der Waals surface area contributed by atoms with Crippen LogP contribution in [0.25, 0.3) is 0 Å². The Balaban J connectivity index is 2.00. The van der Waals surface area contributed by atoms with Crippen LogP contribution in [0.5, 0.6) is 5.75 Å². The van der Waals surface area contributed by atoms with E-state index in [0.29, 0.717) is 22.7 Å². The van der Waals surface area contributed by atoms with E-state index in [4.69, 9.17) is 4.74 Å². The van der Waals surface area contributed by atoms with Gasteiger partial charge in [0.05, 0.1) is 33.8 Å². The van der Waals surface area contributed by atoms with Gasteiger partial charge in [-0.25, -0.2) is 8.42 Å². The molecule has 1 aliphatic heterocycles. The van der Waals surface area contributed by atoms with Crippen LogP contribution < -0.4 is 9.64 Å². The minimum absolute atomic E-state index is 0.113. The van der Waals surface area contributed by atoms with Gasteiger partial charge in [0.1, 0.15) is 5.75 Å². The van der Waals surface area contributed by atoms with Crippen molar-refractivity contribution in [2.45, 2.75) is 9.79 Å². The van der Waals surface area contributed by atoms with Gasteiger partial charge < -0.3 is 4.74 Å². The van der Waals surface area contributed by atoms with Crippen molar-refractivity contribution >= 4 is 27.1 Å². The van der Waals surface area contributed by atoms with E-state index in [-0.39, 0.29) is 15.7 Å². The Morgan fingerprint density at radius 1 is 0.808 bits per heavy atom. The highest BCUT2D eigenvalue weighted by Gasteiger charge is 2.37. The van der Waals surface area contributed by atoms with Crippen molar-refractivity contribution in [3.05, 3.63) is 78.4 Å². The fourth-order valence-electron chi connectivity index (χ4n) is 3.15. The number of anilines is 2. The third-order valence-electron chi connectivity index (χ3n) is 4.33. The molecule has 3 aromatic carbocycles. The largest absolute Gasteiger partial charge is 0.496 e. The topological polar surface area (TPSA) is 63.7 Å². The molecule has 0 saturated carbocycles. The van der Waals surface area contributed by atoms with Crippen molar-refractivity contribution in [3.63, 3.8) is 0 Å². The first-order valence-corrected chi connectivity index (χ1v) is 9.44. The molecule has 26 heavy (non-hydrogen) atoms. The zero-order valence-electron chi connectivity index (χ0n) is 13.9. The van der Waals surface area contributed by atoms with Crippen LogP contribution in [-0.2, 0) is 9.84 Å². The number of ether oxygens (including phenoxy) is 1. The van der Waals surface area contributed by atoms with Gasteiger partial charge in [0.25, 0.3) is 5.91 Å². The van der Waals surface area contributed by atoms with E-state index >= 15 is 0 Å². The summed E-state index contributed by atoms with van der Waals surface area (Å²) in [6.45, 7) is 0. The Hall–Kier alpha value is -3.12. The molecular formula is C20H15NO4S. The standard InChI is InChI=1S/C20H15NO4S/c1-25-17-11-5-2-8-14(17)20(22)21-15-9-3-6-12-18(15)26(23,24)19-13-7-4-10-16(19)21/h2-13H,1H3. The van der Waals surface area contributed by atoms with Crippen molar-refractivity contribution < 1.29 is 17.9 Å². The number of benzene rings is 3. The lowest BCUT2D eigenvalue weighted by Gasteiger charge is -2.31. The maximum atomic E-state index is 13.4. The summed E-state index contributed by atoms with van der Waals surface area (Å²) >= 11 is 0. The first-order valence-electron chi connectivity index (χ1n) is 7.96. The van der Waals surface area contributed by atoms with Gasteiger partial charge >= 0.3 is 0 Å². The minimum atomic E-state index is -3.69. The molecule has 0 spiro atoms. The molecule has 6 heteroatoms. The van der Waals surface area contributed by atoms with Crippen molar-refractivity contribution in [2.24, 2.45) is 0 Å². The number of hydrogen-bond acceptors (Lipinski definition) is 4. The average molecular weight is 365 g/mol. The zero-order chi connectivity index (χ0) is 18.3. The number of sulfone groups is 1. The Morgan fingerprint density at radius 2 is 1.31 bits per heavy atom. The molecule has 0 atom stereocenters. The number of hydrogen-bond donors (Lipinski definition) is 0. The number of amides is 1. The SMILES string of the molecule is COc1ccccc1C(=O)N1c2ccccc2S(=O)(=O)c2ccccc21. The smallest absolute Gasteiger partial charge is 0.266 e. The molecule has 130 valence electrons. The molecule has 0 bridgehead atoms. The fourth-order valence-corrected chi connectivity index (χ4v) is 4.77. The summed E-state index contributed by atoms with van der Waals surface area (Å²) in [5.74, 6) is 0.0816. The van der Waals surface area contributed by atoms with Gasteiger partial charge in [-0.2, -0.15) is 0 Å². The van der Waals surface area contributed by atoms with Crippen molar-refractivity contribution in [1.82, 2.24) is 0 Å². The maximum Gasteiger partial charge on any atom is 0.266 e. The molecule has 5 nitrogen and oxygen atoms in total. The molecule has 0 aromatic heterocycles. The predicted octanol–water partition coefficient (Wildman–Crippen LogP) is 3.82. The molecule has 1 aliphatic rings. The van der Waals surface area contributed by atoms with Gasteiger partial charge in [0.2, 0.25) is 9.84 Å². The number of carbonyl (C=O) groups excluding carboxylic acids is 1. The number of para-hydroxylation sites is 3. The molecule has 3 aromatic rings. The van der Waals surface area contributed by atoms with Gasteiger partial charge in [-0.3, -0.25) is 9.69 Å². The van der Waals surface area contributed by atoms with E-state index in [1.807, 2.05) is 0 Å². The second kappa shape index (κ2) is 6.00. The van der Waals surface area contributed by atoms with Crippen LogP contribution in [0.15, 0.2) is 82.6 Å². The highest BCUT2D eigenvalue weighted by molar-refractivity contribution is 7.92. The van der Waals surface area contributed by atoms with Crippen LogP contribution in [0.2, 0.25) is 0 Å². The Labute approximate surface area is 151 Å². The number of carbonyl (C=O) groups is 1. The molecule has 0 saturated heterocycles. The van der Waals surface area contributed by atoms with E-state index < -0.39 is 9.84 Å². The highest BCUT2D eigenvalue weighted by atomic mass is 32.2. The van der Waals surface area contributed by atoms with Gasteiger partial charge in [-0.15, -0.1) is 0 Å². The molecule has 4 rings (SSSR count). The van der Waals surface area contributed by atoms with E-state index in [9.17, 15) is 13.2 Å².